The predicted octanol–water partition coefficient (Wildman–Crippen LogP) is 2.79. The van der Waals surface area contributed by atoms with Crippen LogP contribution in [0, 0.1) is 12.8 Å². The van der Waals surface area contributed by atoms with Gasteiger partial charge < -0.3 is 10.4 Å². The molecule has 22 heavy (non-hydrogen) atoms. The Kier molecular flexibility index (Phi) is 4.36. The number of amides is 1. The van der Waals surface area contributed by atoms with E-state index in [9.17, 15) is 4.79 Å². The summed E-state index contributed by atoms with van der Waals surface area (Å²) in [5.74, 6) is 0.0657. The lowest BCUT2D eigenvalue weighted by Crippen LogP contribution is -2.32. The number of hydrogen-bond acceptors (Lipinski definition) is 4. The maximum absolute atomic E-state index is 12.2. The van der Waals surface area contributed by atoms with Gasteiger partial charge in [0.05, 0.1) is 0 Å². The van der Waals surface area contributed by atoms with Gasteiger partial charge in [0.2, 0.25) is 0 Å². The van der Waals surface area contributed by atoms with E-state index in [2.05, 4.69) is 10.3 Å². The van der Waals surface area contributed by atoms with Crippen molar-refractivity contribution in [3.63, 3.8) is 0 Å². The van der Waals surface area contributed by atoms with Crippen LogP contribution in [0.25, 0.3) is 10.6 Å². The molecular weight excluding hydrogens is 296 g/mol. The lowest BCUT2D eigenvalue weighted by Gasteiger charge is -2.12. The minimum Gasteiger partial charge on any atom is -0.396 e. The van der Waals surface area contributed by atoms with Crippen LogP contribution in [0.5, 0.6) is 0 Å². The third-order valence-electron chi connectivity index (χ3n) is 3.74. The molecule has 0 unspecified atom stereocenters. The summed E-state index contributed by atoms with van der Waals surface area (Å²) in [5.41, 5.74) is 2.67. The van der Waals surface area contributed by atoms with Gasteiger partial charge in [0, 0.05) is 40.8 Å². The molecule has 0 spiro atoms. The van der Waals surface area contributed by atoms with Gasteiger partial charge in [0.25, 0.3) is 5.91 Å². The first-order valence-electron chi connectivity index (χ1n) is 7.28. The van der Waals surface area contributed by atoms with E-state index < -0.39 is 0 Å². The topological polar surface area (TPSA) is 62.2 Å². The summed E-state index contributed by atoms with van der Waals surface area (Å²) in [5, 5.41) is 15.1. The summed E-state index contributed by atoms with van der Waals surface area (Å²) in [6.45, 7) is 2.10. The van der Waals surface area contributed by atoms with E-state index in [0.29, 0.717) is 5.56 Å². The largest absolute Gasteiger partial charge is 0.396 e. The van der Waals surface area contributed by atoms with Crippen LogP contribution in [0.15, 0.2) is 41.8 Å². The van der Waals surface area contributed by atoms with Crippen molar-refractivity contribution in [1.29, 1.82) is 0 Å². The molecule has 0 radical (unpaired) electrons. The molecule has 1 aliphatic rings. The van der Waals surface area contributed by atoms with Crippen LogP contribution in [0.2, 0.25) is 0 Å². The number of hydrogen-bond donors (Lipinski definition) is 2. The fourth-order valence-corrected chi connectivity index (χ4v) is 3.32. The summed E-state index contributed by atoms with van der Waals surface area (Å²) in [7, 11) is 0. The van der Waals surface area contributed by atoms with Crippen LogP contribution in [-0.4, -0.2) is 28.6 Å². The molecule has 2 N–H and O–H groups in total. The molecule has 0 fully saturated rings. The molecule has 3 rings (SSSR count). The van der Waals surface area contributed by atoms with Crippen molar-refractivity contribution in [1.82, 2.24) is 10.3 Å². The van der Waals surface area contributed by atoms with Crippen molar-refractivity contribution in [2.24, 2.45) is 5.92 Å². The fraction of sp³-hybridized carbons (Fsp3) is 0.294. The second kappa shape index (κ2) is 6.42. The van der Waals surface area contributed by atoms with Crippen LogP contribution in [0.3, 0.4) is 0 Å². The number of carbonyl (C=O) groups excluding carboxylic acids is 1. The first-order chi connectivity index (χ1) is 10.7. The molecule has 1 amide bonds. The Bertz CT molecular complexity index is 691. The second-order valence-electron chi connectivity index (χ2n) is 5.51. The Hall–Kier alpha value is -1.98. The number of carbonyl (C=O) groups is 1. The quantitative estimate of drug-likeness (QED) is 0.853. The van der Waals surface area contributed by atoms with Crippen LogP contribution in [0.4, 0.5) is 0 Å². The minimum absolute atomic E-state index is 0.00550. The average molecular weight is 314 g/mol. The lowest BCUT2D eigenvalue weighted by atomic mass is 10.1. The zero-order valence-electron chi connectivity index (χ0n) is 12.3. The van der Waals surface area contributed by atoms with Crippen molar-refractivity contribution in [3.8, 4) is 10.6 Å². The van der Waals surface area contributed by atoms with E-state index in [4.69, 9.17) is 5.11 Å². The van der Waals surface area contributed by atoms with E-state index in [1.54, 1.807) is 11.3 Å². The third-order valence-corrected chi connectivity index (χ3v) is 4.75. The Morgan fingerprint density at radius 2 is 2.14 bits per heavy atom. The first-order valence-corrected chi connectivity index (χ1v) is 8.16. The predicted molar refractivity (Wildman–Crippen MR) is 87.9 cm³/mol. The molecule has 1 aromatic carbocycles. The molecule has 0 saturated heterocycles. The fourth-order valence-electron chi connectivity index (χ4n) is 2.52. The van der Waals surface area contributed by atoms with Crippen LogP contribution >= 0.6 is 11.3 Å². The van der Waals surface area contributed by atoms with E-state index in [-0.39, 0.29) is 24.5 Å². The SMILES string of the molecule is Cc1csc(-c2ccc(C(=O)N[C@@H]3C=C[C@H](CO)C3)cc2)n1. The Morgan fingerprint density at radius 3 is 2.73 bits per heavy atom. The highest BCUT2D eigenvalue weighted by Crippen LogP contribution is 2.24. The molecule has 114 valence electrons. The lowest BCUT2D eigenvalue weighted by molar-refractivity contribution is 0.0941. The van der Waals surface area contributed by atoms with E-state index in [1.807, 2.05) is 48.7 Å². The standard InChI is InChI=1S/C17H18N2O2S/c1-11-10-22-17(18-11)14-5-3-13(4-6-14)16(21)19-15-7-2-12(8-15)9-20/h2-7,10,12,15,20H,8-9H2,1H3,(H,19,21)/t12-,15+/m0/s1. The highest BCUT2D eigenvalue weighted by atomic mass is 32.1. The molecule has 0 saturated carbocycles. The molecule has 1 aromatic heterocycles. The van der Waals surface area contributed by atoms with Crippen molar-refractivity contribution < 1.29 is 9.90 Å². The van der Waals surface area contributed by atoms with Crippen molar-refractivity contribution in [3.05, 3.63) is 53.1 Å². The Labute approximate surface area is 133 Å². The van der Waals surface area contributed by atoms with Crippen molar-refractivity contribution in [2.75, 3.05) is 6.61 Å². The number of aliphatic hydroxyl groups is 1. The summed E-state index contributed by atoms with van der Waals surface area (Å²) >= 11 is 1.60. The Balaban J connectivity index is 1.65. The monoisotopic (exact) mass is 314 g/mol. The van der Waals surface area contributed by atoms with E-state index in [1.165, 1.54) is 0 Å². The summed E-state index contributed by atoms with van der Waals surface area (Å²) in [4.78, 5) is 16.7. The normalized spacial score (nSPS) is 20.3. The van der Waals surface area contributed by atoms with Gasteiger partial charge in [-0.2, -0.15) is 0 Å². The Morgan fingerprint density at radius 1 is 1.36 bits per heavy atom. The average Bonchev–Trinajstić information content (AvgIpc) is 3.16. The number of nitrogens with one attached hydrogen (secondary N) is 1. The molecule has 2 atom stereocenters. The van der Waals surface area contributed by atoms with Crippen molar-refractivity contribution in [2.45, 2.75) is 19.4 Å². The zero-order chi connectivity index (χ0) is 15.5. The molecule has 4 nitrogen and oxygen atoms in total. The van der Waals surface area contributed by atoms with Gasteiger partial charge >= 0.3 is 0 Å². The number of nitrogens with zero attached hydrogens (tertiary/aromatic N) is 1. The van der Waals surface area contributed by atoms with Gasteiger partial charge in [0.1, 0.15) is 5.01 Å². The number of thiazole rings is 1. The number of rotatable bonds is 4. The number of benzene rings is 1. The maximum Gasteiger partial charge on any atom is 0.251 e. The third kappa shape index (κ3) is 3.26. The van der Waals surface area contributed by atoms with E-state index in [0.717, 1.165) is 22.7 Å². The molecule has 0 aliphatic heterocycles. The summed E-state index contributed by atoms with van der Waals surface area (Å²) in [6.07, 6.45) is 4.67. The molecule has 2 aromatic rings. The van der Waals surface area contributed by atoms with Crippen LogP contribution < -0.4 is 5.32 Å². The van der Waals surface area contributed by atoms with Crippen LogP contribution in [-0.2, 0) is 0 Å². The molecule has 1 aliphatic carbocycles. The van der Waals surface area contributed by atoms with Crippen LogP contribution in [0.1, 0.15) is 22.5 Å². The highest BCUT2D eigenvalue weighted by Gasteiger charge is 2.20. The van der Waals surface area contributed by atoms with Gasteiger partial charge in [-0.25, -0.2) is 4.98 Å². The molecular formula is C17H18N2O2S. The number of aryl methyl sites for hydroxylation is 1. The second-order valence-corrected chi connectivity index (χ2v) is 6.37. The van der Waals surface area contributed by atoms with Gasteiger partial charge in [-0.3, -0.25) is 4.79 Å². The summed E-state index contributed by atoms with van der Waals surface area (Å²) in [6, 6.07) is 7.50. The van der Waals surface area contributed by atoms with Gasteiger partial charge in [-0.05, 0) is 25.5 Å². The number of aromatic nitrogens is 1. The molecule has 1 heterocycles. The van der Waals surface area contributed by atoms with E-state index >= 15 is 0 Å². The smallest absolute Gasteiger partial charge is 0.251 e. The minimum atomic E-state index is -0.0879. The highest BCUT2D eigenvalue weighted by molar-refractivity contribution is 7.13. The number of aliphatic hydroxyl groups excluding tert-OH is 1. The van der Waals surface area contributed by atoms with Gasteiger partial charge in [0.15, 0.2) is 0 Å². The van der Waals surface area contributed by atoms with Gasteiger partial charge in [-0.1, -0.05) is 24.3 Å². The zero-order valence-corrected chi connectivity index (χ0v) is 13.1. The van der Waals surface area contributed by atoms with Crippen molar-refractivity contribution >= 4 is 17.2 Å². The van der Waals surface area contributed by atoms with Gasteiger partial charge in [-0.15, -0.1) is 11.3 Å². The summed E-state index contributed by atoms with van der Waals surface area (Å²) < 4.78 is 0. The molecule has 5 heteroatoms. The maximum atomic E-state index is 12.2. The molecule has 0 bridgehead atoms. The first kappa shape index (κ1) is 14.9.